The Bertz CT molecular complexity index is 700. The molecule has 0 bridgehead atoms. The first-order chi connectivity index (χ1) is 11.9. The molecule has 0 fully saturated rings. The predicted molar refractivity (Wildman–Crippen MR) is 98.8 cm³/mol. The molecular formula is C18H24N4O2S. The van der Waals surface area contributed by atoms with Crippen LogP contribution in [0.5, 0.6) is 0 Å². The van der Waals surface area contributed by atoms with Gasteiger partial charge in [-0.3, -0.25) is 25.3 Å². The summed E-state index contributed by atoms with van der Waals surface area (Å²) in [7, 11) is 0. The molecule has 7 heteroatoms. The van der Waals surface area contributed by atoms with E-state index in [9.17, 15) is 9.59 Å². The maximum atomic E-state index is 12.1. The van der Waals surface area contributed by atoms with E-state index in [0.29, 0.717) is 6.54 Å². The van der Waals surface area contributed by atoms with E-state index in [4.69, 9.17) is 0 Å². The van der Waals surface area contributed by atoms with E-state index in [-0.39, 0.29) is 30.8 Å². The zero-order valence-electron chi connectivity index (χ0n) is 14.8. The van der Waals surface area contributed by atoms with Crippen molar-refractivity contribution in [1.82, 2.24) is 20.7 Å². The van der Waals surface area contributed by atoms with Gasteiger partial charge in [0.05, 0.1) is 13.0 Å². The van der Waals surface area contributed by atoms with Gasteiger partial charge in [-0.2, -0.15) is 0 Å². The van der Waals surface area contributed by atoms with E-state index in [1.165, 1.54) is 11.3 Å². The van der Waals surface area contributed by atoms with E-state index in [1.54, 1.807) is 0 Å². The van der Waals surface area contributed by atoms with Crippen molar-refractivity contribution in [2.24, 2.45) is 0 Å². The van der Waals surface area contributed by atoms with Gasteiger partial charge in [0.25, 0.3) is 5.91 Å². The fourth-order valence-electron chi connectivity index (χ4n) is 2.27. The van der Waals surface area contributed by atoms with E-state index >= 15 is 0 Å². The Morgan fingerprint density at radius 1 is 1.16 bits per heavy atom. The second kappa shape index (κ2) is 9.29. The van der Waals surface area contributed by atoms with Crippen LogP contribution in [-0.4, -0.2) is 34.3 Å². The molecule has 0 atom stereocenters. The van der Waals surface area contributed by atoms with Gasteiger partial charge in [-0.25, -0.2) is 4.98 Å². The largest absolute Gasteiger partial charge is 0.288 e. The van der Waals surface area contributed by atoms with Gasteiger partial charge in [0.2, 0.25) is 5.91 Å². The monoisotopic (exact) mass is 360 g/mol. The van der Waals surface area contributed by atoms with Crippen LogP contribution >= 0.6 is 11.3 Å². The number of nitrogens with zero attached hydrogens (tertiary/aromatic N) is 2. The Kier molecular flexibility index (Phi) is 7.09. The molecule has 0 aliphatic rings. The van der Waals surface area contributed by atoms with Crippen LogP contribution < -0.4 is 10.9 Å². The lowest BCUT2D eigenvalue weighted by Crippen LogP contribution is -2.48. The van der Waals surface area contributed by atoms with Crippen LogP contribution in [0.4, 0.5) is 0 Å². The maximum absolute atomic E-state index is 12.1. The quantitative estimate of drug-likeness (QED) is 0.741. The topological polar surface area (TPSA) is 74.3 Å². The number of hydrazine groups is 1. The highest BCUT2D eigenvalue weighted by Crippen LogP contribution is 2.09. The number of thiazole rings is 1. The molecule has 0 saturated heterocycles. The molecule has 0 radical (unpaired) electrons. The summed E-state index contributed by atoms with van der Waals surface area (Å²) in [5.74, 6) is -0.518. The maximum Gasteiger partial charge on any atom is 0.252 e. The molecule has 2 rings (SSSR count). The molecule has 2 aromatic rings. The lowest BCUT2D eigenvalue weighted by molar-refractivity contribution is -0.129. The number of rotatable bonds is 7. The molecule has 2 amide bonds. The van der Waals surface area contributed by atoms with Crippen molar-refractivity contribution in [3.05, 3.63) is 52.0 Å². The summed E-state index contributed by atoms with van der Waals surface area (Å²) >= 11 is 1.44. The molecule has 1 heterocycles. The van der Waals surface area contributed by atoms with E-state index in [1.807, 2.05) is 61.4 Å². The normalized spacial score (nSPS) is 10.9. The molecule has 0 spiro atoms. The number of hydrogen-bond donors (Lipinski definition) is 2. The Labute approximate surface area is 152 Å². The van der Waals surface area contributed by atoms with Gasteiger partial charge >= 0.3 is 0 Å². The first-order valence-electron chi connectivity index (χ1n) is 8.20. The Morgan fingerprint density at radius 2 is 1.84 bits per heavy atom. The van der Waals surface area contributed by atoms with Gasteiger partial charge in [-0.15, -0.1) is 11.3 Å². The lowest BCUT2D eigenvalue weighted by Gasteiger charge is -2.25. The summed E-state index contributed by atoms with van der Waals surface area (Å²) in [4.78, 5) is 30.3. The zero-order chi connectivity index (χ0) is 18.2. The van der Waals surface area contributed by atoms with Crippen molar-refractivity contribution in [1.29, 1.82) is 0 Å². The average Bonchev–Trinajstić information content (AvgIpc) is 2.98. The first kappa shape index (κ1) is 19.1. The highest BCUT2D eigenvalue weighted by molar-refractivity contribution is 7.09. The highest BCUT2D eigenvalue weighted by atomic mass is 32.1. The molecule has 0 unspecified atom stereocenters. The van der Waals surface area contributed by atoms with E-state index in [0.717, 1.165) is 16.3 Å². The third-order valence-electron chi connectivity index (χ3n) is 3.63. The van der Waals surface area contributed by atoms with Crippen molar-refractivity contribution in [2.45, 2.75) is 39.8 Å². The molecule has 1 aromatic heterocycles. The SMILES string of the molecule is Cc1csc(CC(=O)NNC(=O)CN(Cc2ccccc2)C(C)C)n1. The van der Waals surface area contributed by atoms with Gasteiger partial charge in [0.15, 0.2) is 0 Å². The van der Waals surface area contributed by atoms with Crippen molar-refractivity contribution in [3.63, 3.8) is 0 Å². The fourth-order valence-corrected chi connectivity index (χ4v) is 3.04. The number of nitrogens with one attached hydrogen (secondary N) is 2. The Hall–Kier alpha value is -2.25. The number of aryl methyl sites for hydroxylation is 1. The second-order valence-corrected chi connectivity index (χ2v) is 7.08. The predicted octanol–water partition coefficient (Wildman–Crippen LogP) is 2.05. The first-order valence-corrected chi connectivity index (χ1v) is 9.08. The molecule has 1 aromatic carbocycles. The molecule has 0 aliphatic heterocycles. The summed E-state index contributed by atoms with van der Waals surface area (Å²) in [6.45, 7) is 6.85. The van der Waals surface area contributed by atoms with Crippen LogP contribution in [0, 0.1) is 6.92 Å². The van der Waals surface area contributed by atoms with Crippen molar-refractivity contribution < 1.29 is 9.59 Å². The summed E-state index contributed by atoms with van der Waals surface area (Å²) in [6.07, 6.45) is 0.163. The third kappa shape index (κ3) is 6.64. The van der Waals surface area contributed by atoms with Crippen molar-refractivity contribution in [3.8, 4) is 0 Å². The molecule has 0 aliphatic carbocycles. The number of carbonyl (C=O) groups is 2. The Balaban J connectivity index is 1.79. The third-order valence-corrected chi connectivity index (χ3v) is 4.59. The number of carbonyl (C=O) groups excluding carboxylic acids is 2. The van der Waals surface area contributed by atoms with Crippen LogP contribution in [0.2, 0.25) is 0 Å². The summed E-state index contributed by atoms with van der Waals surface area (Å²) in [5, 5.41) is 2.63. The second-order valence-electron chi connectivity index (χ2n) is 6.14. The molecule has 134 valence electrons. The van der Waals surface area contributed by atoms with Crippen molar-refractivity contribution in [2.75, 3.05) is 6.54 Å². The minimum atomic E-state index is -0.276. The minimum Gasteiger partial charge on any atom is -0.288 e. The van der Waals surface area contributed by atoms with E-state index in [2.05, 4.69) is 15.8 Å². The van der Waals surface area contributed by atoms with Gasteiger partial charge < -0.3 is 0 Å². The molecule has 2 N–H and O–H groups in total. The zero-order valence-corrected chi connectivity index (χ0v) is 15.6. The summed E-state index contributed by atoms with van der Waals surface area (Å²) in [6, 6.07) is 10.2. The van der Waals surface area contributed by atoms with Crippen LogP contribution in [0.3, 0.4) is 0 Å². The van der Waals surface area contributed by atoms with Gasteiger partial charge in [0, 0.05) is 23.7 Å². The minimum absolute atomic E-state index is 0.163. The smallest absolute Gasteiger partial charge is 0.252 e. The van der Waals surface area contributed by atoms with Crippen LogP contribution in [-0.2, 0) is 22.6 Å². The number of aromatic nitrogens is 1. The van der Waals surface area contributed by atoms with Gasteiger partial charge in [-0.1, -0.05) is 30.3 Å². The average molecular weight is 360 g/mol. The van der Waals surface area contributed by atoms with Crippen LogP contribution in [0.1, 0.15) is 30.1 Å². The van der Waals surface area contributed by atoms with Gasteiger partial charge in [0.1, 0.15) is 5.01 Å². The molecule has 0 saturated carbocycles. The van der Waals surface area contributed by atoms with Crippen LogP contribution in [0.15, 0.2) is 35.7 Å². The number of amides is 2. The molecular weight excluding hydrogens is 336 g/mol. The van der Waals surface area contributed by atoms with Crippen LogP contribution in [0.25, 0.3) is 0 Å². The standard InChI is InChI=1S/C18H24N4O2S/c1-13(2)22(10-15-7-5-4-6-8-15)11-17(24)21-20-16(23)9-18-19-14(3)12-25-18/h4-8,12-13H,9-11H2,1-3H3,(H,20,23)(H,21,24). The number of hydrogen-bond acceptors (Lipinski definition) is 5. The highest BCUT2D eigenvalue weighted by Gasteiger charge is 2.15. The van der Waals surface area contributed by atoms with Crippen molar-refractivity contribution >= 4 is 23.2 Å². The molecule has 6 nitrogen and oxygen atoms in total. The fraction of sp³-hybridized carbons (Fsp3) is 0.389. The van der Waals surface area contributed by atoms with Gasteiger partial charge in [-0.05, 0) is 26.3 Å². The van der Waals surface area contributed by atoms with E-state index < -0.39 is 0 Å². The summed E-state index contributed by atoms with van der Waals surface area (Å²) < 4.78 is 0. The summed E-state index contributed by atoms with van der Waals surface area (Å²) in [5.41, 5.74) is 6.97. The lowest BCUT2D eigenvalue weighted by atomic mass is 10.2. The number of benzene rings is 1. The molecule has 25 heavy (non-hydrogen) atoms. The Morgan fingerprint density at radius 3 is 2.44 bits per heavy atom.